The van der Waals surface area contributed by atoms with Crippen LogP contribution in [0.5, 0.6) is 11.5 Å². The van der Waals surface area contributed by atoms with Gasteiger partial charge in [0, 0.05) is 24.2 Å². The molecule has 0 amide bonds. The molecular formula is C27H32Cl2N6O2. The van der Waals surface area contributed by atoms with Gasteiger partial charge in [-0.25, -0.2) is 0 Å². The predicted octanol–water partition coefficient (Wildman–Crippen LogP) is 6.30. The van der Waals surface area contributed by atoms with Gasteiger partial charge in [0.25, 0.3) is 0 Å². The van der Waals surface area contributed by atoms with Gasteiger partial charge in [-0.05, 0) is 62.4 Å². The summed E-state index contributed by atoms with van der Waals surface area (Å²) in [4.78, 5) is 0. The average Bonchev–Trinajstić information content (AvgIpc) is 3.33. The van der Waals surface area contributed by atoms with Crippen LogP contribution in [0.15, 0.2) is 66.7 Å². The lowest BCUT2D eigenvalue weighted by atomic mass is 10.2. The van der Waals surface area contributed by atoms with Crippen LogP contribution in [0, 0.1) is 0 Å². The summed E-state index contributed by atoms with van der Waals surface area (Å²) in [6.45, 7) is 9.03. The van der Waals surface area contributed by atoms with Gasteiger partial charge in [-0.1, -0.05) is 70.8 Å². The molecule has 1 aromatic heterocycles. The van der Waals surface area contributed by atoms with Crippen LogP contribution < -0.4 is 20.5 Å². The van der Waals surface area contributed by atoms with Crippen molar-refractivity contribution in [1.29, 1.82) is 0 Å². The maximum atomic E-state index is 6.26. The summed E-state index contributed by atoms with van der Waals surface area (Å²) in [5.74, 6) is 2.18. The number of nitrogens with one attached hydrogen (secondary N) is 1. The van der Waals surface area contributed by atoms with Gasteiger partial charge in [0.2, 0.25) is 5.95 Å². The molecule has 0 atom stereocenters. The second-order valence-electron chi connectivity index (χ2n) is 8.59. The molecule has 0 saturated heterocycles. The van der Waals surface area contributed by atoms with E-state index in [-0.39, 0.29) is 12.2 Å². The number of halogens is 2. The summed E-state index contributed by atoms with van der Waals surface area (Å²) in [7, 11) is 0. The molecule has 4 rings (SSSR count). The zero-order valence-electron chi connectivity index (χ0n) is 21.4. The van der Waals surface area contributed by atoms with E-state index in [4.69, 9.17) is 38.4 Å². The van der Waals surface area contributed by atoms with Crippen molar-refractivity contribution in [3.05, 3.63) is 87.9 Å². The summed E-state index contributed by atoms with van der Waals surface area (Å²) in [6, 6.07) is 21.0. The molecule has 0 unspecified atom stereocenters. The number of nitrogens with two attached hydrogens (primary N) is 1. The fraction of sp³-hybridized carbons (Fsp3) is 0.296. The largest absolute Gasteiger partial charge is 0.491 e. The van der Waals surface area contributed by atoms with Crippen molar-refractivity contribution in [2.24, 2.45) is 5.73 Å². The predicted molar refractivity (Wildman–Crippen MR) is 149 cm³/mol. The van der Waals surface area contributed by atoms with Gasteiger partial charge < -0.3 is 20.5 Å². The van der Waals surface area contributed by atoms with Crippen LogP contribution in [0.1, 0.15) is 38.8 Å². The number of tetrazole rings is 1. The lowest BCUT2D eigenvalue weighted by Crippen LogP contribution is -2.11. The molecular weight excluding hydrogens is 511 g/mol. The Labute approximate surface area is 227 Å². The summed E-state index contributed by atoms with van der Waals surface area (Å²) >= 11 is 12.3. The lowest BCUT2D eigenvalue weighted by Gasteiger charge is -2.15. The zero-order valence-corrected chi connectivity index (χ0v) is 22.9. The third kappa shape index (κ3) is 8.08. The van der Waals surface area contributed by atoms with Crippen molar-refractivity contribution in [3.8, 4) is 17.2 Å². The molecule has 4 aromatic rings. The minimum absolute atomic E-state index is 0.0942. The van der Waals surface area contributed by atoms with Crippen molar-refractivity contribution in [2.45, 2.75) is 53.0 Å². The Balaban J connectivity index is 0.000000266. The first-order chi connectivity index (χ1) is 17.8. The average molecular weight is 543 g/mol. The summed E-state index contributed by atoms with van der Waals surface area (Å²) in [5, 5.41) is 15.8. The fourth-order valence-electron chi connectivity index (χ4n) is 3.35. The molecule has 0 aliphatic heterocycles. The van der Waals surface area contributed by atoms with E-state index in [1.54, 1.807) is 18.2 Å². The van der Waals surface area contributed by atoms with Crippen molar-refractivity contribution >= 4 is 29.2 Å². The van der Waals surface area contributed by atoms with E-state index in [0.717, 1.165) is 22.6 Å². The van der Waals surface area contributed by atoms with Crippen LogP contribution in [0.25, 0.3) is 5.69 Å². The van der Waals surface area contributed by atoms with E-state index < -0.39 is 0 Å². The van der Waals surface area contributed by atoms with E-state index in [0.29, 0.717) is 34.8 Å². The Morgan fingerprint density at radius 1 is 0.838 bits per heavy atom. The number of benzene rings is 3. The maximum Gasteiger partial charge on any atom is 0.248 e. The number of hydrogen-bond donors (Lipinski definition) is 2. The Hall–Kier alpha value is -3.33. The normalized spacial score (nSPS) is 10.7. The van der Waals surface area contributed by atoms with E-state index >= 15 is 0 Å². The molecule has 196 valence electrons. The first-order valence-corrected chi connectivity index (χ1v) is 12.7. The van der Waals surface area contributed by atoms with Crippen molar-refractivity contribution in [2.75, 3.05) is 5.32 Å². The number of hydrogen-bond acceptors (Lipinski definition) is 7. The van der Waals surface area contributed by atoms with Gasteiger partial charge in [0.15, 0.2) is 0 Å². The van der Waals surface area contributed by atoms with Crippen molar-refractivity contribution < 1.29 is 9.47 Å². The van der Waals surface area contributed by atoms with Gasteiger partial charge >= 0.3 is 0 Å². The number of para-hydroxylation sites is 2. The van der Waals surface area contributed by atoms with Gasteiger partial charge in [-0.3, -0.25) is 0 Å². The highest BCUT2D eigenvalue weighted by atomic mass is 35.5. The standard InChI is InChI=1S/C17H17Cl2N5O.C10H15NO/c1-11(2)25-15-9-4-3-6-12(15)10-20-17-21-22-23-24(17)14-8-5-7-13(18)16(14)19;1-8(2)12-10-6-4-3-5-9(10)7-11/h3-9,11H,10H2,1-2H3,(H,20,21,23);3-6,8H,7,11H2,1-2H3. The van der Waals surface area contributed by atoms with E-state index in [2.05, 4.69) is 20.8 Å². The Kier molecular flexibility index (Phi) is 10.6. The Morgan fingerprint density at radius 3 is 2.05 bits per heavy atom. The topological polar surface area (TPSA) is 100 Å². The van der Waals surface area contributed by atoms with E-state index in [9.17, 15) is 0 Å². The smallest absolute Gasteiger partial charge is 0.248 e. The molecule has 0 bridgehead atoms. The van der Waals surface area contributed by atoms with Crippen LogP contribution in [-0.4, -0.2) is 32.4 Å². The summed E-state index contributed by atoms with van der Waals surface area (Å²) in [5.41, 5.74) is 8.22. The Morgan fingerprint density at radius 2 is 1.43 bits per heavy atom. The molecule has 0 aliphatic carbocycles. The highest BCUT2D eigenvalue weighted by Gasteiger charge is 2.14. The first-order valence-electron chi connectivity index (χ1n) is 12.0. The second-order valence-corrected chi connectivity index (χ2v) is 9.38. The molecule has 0 aliphatic rings. The van der Waals surface area contributed by atoms with E-state index in [1.165, 1.54) is 4.68 Å². The first kappa shape index (κ1) is 28.2. The molecule has 0 saturated carbocycles. The van der Waals surface area contributed by atoms with Crippen LogP contribution in [0.3, 0.4) is 0 Å². The molecule has 37 heavy (non-hydrogen) atoms. The molecule has 0 radical (unpaired) electrons. The van der Waals surface area contributed by atoms with Gasteiger partial charge in [-0.2, -0.15) is 4.68 Å². The van der Waals surface area contributed by atoms with Gasteiger partial charge in [0.1, 0.15) is 11.5 Å². The van der Waals surface area contributed by atoms with Gasteiger partial charge in [-0.15, -0.1) is 0 Å². The minimum atomic E-state index is 0.0942. The van der Waals surface area contributed by atoms with Crippen LogP contribution in [0.2, 0.25) is 10.0 Å². The number of nitrogens with zero attached hydrogens (tertiary/aromatic N) is 4. The molecule has 1 heterocycles. The van der Waals surface area contributed by atoms with Crippen LogP contribution >= 0.6 is 23.2 Å². The highest BCUT2D eigenvalue weighted by molar-refractivity contribution is 6.43. The van der Waals surface area contributed by atoms with Crippen molar-refractivity contribution in [1.82, 2.24) is 20.2 Å². The van der Waals surface area contributed by atoms with Crippen LogP contribution in [0.4, 0.5) is 5.95 Å². The summed E-state index contributed by atoms with van der Waals surface area (Å²) in [6.07, 6.45) is 0.300. The highest BCUT2D eigenvalue weighted by Crippen LogP contribution is 2.29. The quantitative estimate of drug-likeness (QED) is 0.256. The lowest BCUT2D eigenvalue weighted by molar-refractivity contribution is 0.240. The third-order valence-electron chi connectivity index (χ3n) is 4.96. The number of ether oxygens (including phenoxy) is 2. The maximum absolute atomic E-state index is 6.26. The van der Waals surface area contributed by atoms with Crippen LogP contribution in [-0.2, 0) is 13.1 Å². The summed E-state index contributed by atoms with van der Waals surface area (Å²) < 4.78 is 12.9. The second kappa shape index (κ2) is 13.8. The molecule has 0 spiro atoms. The molecule has 10 heteroatoms. The number of anilines is 1. The number of rotatable bonds is 9. The molecule has 3 aromatic carbocycles. The van der Waals surface area contributed by atoms with Crippen molar-refractivity contribution in [3.63, 3.8) is 0 Å². The monoisotopic (exact) mass is 542 g/mol. The minimum Gasteiger partial charge on any atom is -0.491 e. The molecule has 3 N–H and O–H groups in total. The zero-order chi connectivity index (χ0) is 26.8. The SMILES string of the molecule is CC(C)Oc1ccccc1CN.CC(C)Oc1ccccc1CNc1nnnn1-c1cccc(Cl)c1Cl. The van der Waals surface area contributed by atoms with Gasteiger partial charge in [0.05, 0.1) is 27.9 Å². The van der Waals surface area contributed by atoms with E-state index in [1.807, 2.05) is 76.2 Å². The third-order valence-corrected chi connectivity index (χ3v) is 5.77. The Bertz CT molecular complexity index is 1280. The number of aromatic nitrogens is 4. The molecule has 8 nitrogen and oxygen atoms in total. The molecule has 0 fully saturated rings. The fourth-order valence-corrected chi connectivity index (χ4v) is 3.73.